The third-order valence-corrected chi connectivity index (χ3v) is 5.19. The first-order valence-corrected chi connectivity index (χ1v) is 7.92. The highest BCUT2D eigenvalue weighted by Crippen LogP contribution is 2.32. The van der Waals surface area contributed by atoms with Gasteiger partial charge in [-0.25, -0.2) is 0 Å². The Morgan fingerprint density at radius 2 is 2.00 bits per heavy atom. The molecule has 4 heteroatoms. The Morgan fingerprint density at radius 3 is 2.65 bits per heavy atom. The van der Waals surface area contributed by atoms with Crippen molar-refractivity contribution in [3.63, 3.8) is 0 Å². The minimum Gasteiger partial charge on any atom is -0.353 e. The van der Waals surface area contributed by atoms with Crippen molar-refractivity contribution >= 4 is 17.7 Å². The summed E-state index contributed by atoms with van der Waals surface area (Å²) < 4.78 is 0. The summed E-state index contributed by atoms with van der Waals surface area (Å²) in [6, 6.07) is 0.390. The molecule has 1 saturated heterocycles. The van der Waals surface area contributed by atoms with Crippen LogP contribution in [0.2, 0.25) is 0 Å². The van der Waals surface area contributed by atoms with Gasteiger partial charge < -0.3 is 11.1 Å². The lowest BCUT2D eigenvalue weighted by Gasteiger charge is -2.38. The zero-order valence-corrected chi connectivity index (χ0v) is 11.5. The molecule has 3 nitrogen and oxygen atoms in total. The molecular weight excluding hydrogens is 232 g/mol. The van der Waals surface area contributed by atoms with Gasteiger partial charge >= 0.3 is 0 Å². The second-order valence-electron chi connectivity index (χ2n) is 5.70. The minimum absolute atomic E-state index is 0.0193. The maximum Gasteiger partial charge on any atom is 0.225 e. The van der Waals surface area contributed by atoms with Crippen LogP contribution in [-0.4, -0.2) is 29.0 Å². The molecule has 0 radical (unpaired) electrons. The van der Waals surface area contributed by atoms with Crippen LogP contribution >= 0.6 is 11.8 Å². The number of carbonyl (C=O) groups excluding carboxylic acids is 1. The monoisotopic (exact) mass is 256 g/mol. The summed E-state index contributed by atoms with van der Waals surface area (Å²) in [6.45, 7) is 2.03. The van der Waals surface area contributed by atoms with Crippen molar-refractivity contribution < 1.29 is 4.79 Å². The summed E-state index contributed by atoms with van der Waals surface area (Å²) in [5.41, 5.74) is 5.96. The summed E-state index contributed by atoms with van der Waals surface area (Å²) in [5, 5.41) is 3.21. The van der Waals surface area contributed by atoms with Crippen molar-refractivity contribution in [2.24, 2.45) is 11.7 Å². The first-order valence-electron chi connectivity index (χ1n) is 6.76. The van der Waals surface area contributed by atoms with Crippen LogP contribution in [0.4, 0.5) is 0 Å². The van der Waals surface area contributed by atoms with E-state index in [0.29, 0.717) is 6.04 Å². The van der Waals surface area contributed by atoms with Crippen molar-refractivity contribution in [3.05, 3.63) is 0 Å². The SMILES string of the molecule is CC1(N)CCCCC1C(=O)NC1CCSCC1. The predicted octanol–water partition coefficient (Wildman–Crippen LogP) is 1.91. The molecule has 0 spiro atoms. The largest absolute Gasteiger partial charge is 0.353 e. The van der Waals surface area contributed by atoms with Crippen LogP contribution < -0.4 is 11.1 Å². The van der Waals surface area contributed by atoms with Crippen molar-refractivity contribution in [3.8, 4) is 0 Å². The van der Waals surface area contributed by atoms with E-state index < -0.39 is 0 Å². The number of hydrogen-bond donors (Lipinski definition) is 2. The maximum absolute atomic E-state index is 12.3. The quantitative estimate of drug-likeness (QED) is 0.793. The Kier molecular flexibility index (Phi) is 4.36. The smallest absolute Gasteiger partial charge is 0.225 e. The number of nitrogens with two attached hydrogens (primary N) is 1. The molecule has 1 saturated carbocycles. The molecule has 2 unspecified atom stereocenters. The molecule has 1 heterocycles. The Morgan fingerprint density at radius 1 is 1.29 bits per heavy atom. The number of nitrogens with one attached hydrogen (secondary N) is 1. The van der Waals surface area contributed by atoms with E-state index in [1.54, 1.807) is 0 Å². The third kappa shape index (κ3) is 3.38. The van der Waals surface area contributed by atoms with Gasteiger partial charge in [0.05, 0.1) is 5.92 Å². The van der Waals surface area contributed by atoms with Crippen LogP contribution in [0.3, 0.4) is 0 Å². The van der Waals surface area contributed by atoms with Crippen molar-refractivity contribution in [2.75, 3.05) is 11.5 Å². The van der Waals surface area contributed by atoms with E-state index in [0.717, 1.165) is 38.5 Å². The minimum atomic E-state index is -0.300. The fraction of sp³-hybridized carbons (Fsp3) is 0.923. The Bertz CT molecular complexity index is 275. The molecule has 1 aliphatic carbocycles. The predicted molar refractivity (Wildman–Crippen MR) is 73.0 cm³/mol. The standard InChI is InChI=1S/C13H24N2OS/c1-13(14)7-3-2-4-11(13)12(16)15-10-5-8-17-9-6-10/h10-11H,2-9,14H2,1H3,(H,15,16). The first kappa shape index (κ1) is 13.2. The lowest BCUT2D eigenvalue weighted by Crippen LogP contribution is -2.54. The molecule has 0 aromatic heterocycles. The van der Waals surface area contributed by atoms with Crippen LogP contribution in [-0.2, 0) is 4.79 Å². The van der Waals surface area contributed by atoms with E-state index in [-0.39, 0.29) is 17.4 Å². The zero-order valence-electron chi connectivity index (χ0n) is 10.7. The molecule has 0 aromatic carbocycles. The van der Waals surface area contributed by atoms with E-state index in [1.165, 1.54) is 11.5 Å². The number of carbonyl (C=O) groups is 1. The lowest BCUT2D eigenvalue weighted by molar-refractivity contribution is -0.128. The van der Waals surface area contributed by atoms with Crippen LogP contribution in [0.5, 0.6) is 0 Å². The number of thioether (sulfide) groups is 1. The molecule has 3 N–H and O–H groups in total. The summed E-state index contributed by atoms with van der Waals surface area (Å²) in [6.07, 6.45) is 6.48. The molecule has 1 aliphatic heterocycles. The molecule has 17 heavy (non-hydrogen) atoms. The first-order chi connectivity index (χ1) is 8.09. The molecule has 2 rings (SSSR count). The molecule has 1 amide bonds. The highest BCUT2D eigenvalue weighted by molar-refractivity contribution is 7.99. The van der Waals surface area contributed by atoms with Gasteiger partial charge in [-0.15, -0.1) is 0 Å². The molecule has 98 valence electrons. The highest BCUT2D eigenvalue weighted by atomic mass is 32.2. The van der Waals surface area contributed by atoms with E-state index in [4.69, 9.17) is 5.73 Å². The molecular formula is C13H24N2OS. The molecule has 2 atom stereocenters. The summed E-state index contributed by atoms with van der Waals surface area (Å²) >= 11 is 1.99. The number of amides is 1. The zero-order chi connectivity index (χ0) is 12.3. The molecule has 0 bridgehead atoms. The Balaban J connectivity index is 1.89. The van der Waals surface area contributed by atoms with Crippen LogP contribution in [0.15, 0.2) is 0 Å². The summed E-state index contributed by atoms with van der Waals surface area (Å²) in [7, 11) is 0. The van der Waals surface area contributed by atoms with Crippen molar-refractivity contribution in [1.82, 2.24) is 5.32 Å². The van der Waals surface area contributed by atoms with E-state index in [9.17, 15) is 4.79 Å². The maximum atomic E-state index is 12.3. The summed E-state index contributed by atoms with van der Waals surface area (Å²) in [4.78, 5) is 12.3. The van der Waals surface area contributed by atoms with Gasteiger partial charge in [0.15, 0.2) is 0 Å². The van der Waals surface area contributed by atoms with Gasteiger partial charge in [-0.2, -0.15) is 11.8 Å². The van der Waals surface area contributed by atoms with E-state index >= 15 is 0 Å². The van der Waals surface area contributed by atoms with Crippen molar-refractivity contribution in [2.45, 2.75) is 57.0 Å². The van der Waals surface area contributed by atoms with E-state index in [1.807, 2.05) is 18.7 Å². The highest BCUT2D eigenvalue weighted by Gasteiger charge is 2.38. The van der Waals surface area contributed by atoms with Gasteiger partial charge in [-0.1, -0.05) is 12.8 Å². The van der Waals surface area contributed by atoms with Crippen LogP contribution in [0.25, 0.3) is 0 Å². The van der Waals surface area contributed by atoms with E-state index in [2.05, 4.69) is 5.32 Å². The lowest BCUT2D eigenvalue weighted by atomic mass is 9.74. The van der Waals surface area contributed by atoms with Gasteiger partial charge in [0.25, 0.3) is 0 Å². The number of rotatable bonds is 2. The average molecular weight is 256 g/mol. The van der Waals surface area contributed by atoms with Crippen molar-refractivity contribution in [1.29, 1.82) is 0 Å². The van der Waals surface area contributed by atoms with Crippen LogP contribution in [0, 0.1) is 5.92 Å². The fourth-order valence-corrected chi connectivity index (χ4v) is 4.04. The fourth-order valence-electron chi connectivity index (χ4n) is 2.93. The topological polar surface area (TPSA) is 55.1 Å². The Labute approximate surface area is 108 Å². The average Bonchev–Trinajstić information content (AvgIpc) is 2.29. The molecule has 0 aromatic rings. The van der Waals surface area contributed by atoms with Gasteiger partial charge in [-0.3, -0.25) is 4.79 Å². The second-order valence-corrected chi connectivity index (χ2v) is 6.92. The van der Waals surface area contributed by atoms with Gasteiger partial charge in [0.1, 0.15) is 0 Å². The van der Waals surface area contributed by atoms with Gasteiger partial charge in [0.2, 0.25) is 5.91 Å². The number of hydrogen-bond acceptors (Lipinski definition) is 3. The van der Waals surface area contributed by atoms with Gasteiger partial charge in [-0.05, 0) is 44.1 Å². The third-order valence-electron chi connectivity index (χ3n) is 4.14. The van der Waals surface area contributed by atoms with Crippen LogP contribution in [0.1, 0.15) is 45.4 Å². The summed E-state index contributed by atoms with van der Waals surface area (Å²) in [5.74, 6) is 2.57. The normalized spacial score (nSPS) is 35.5. The second kappa shape index (κ2) is 5.61. The van der Waals surface area contributed by atoms with Gasteiger partial charge in [0, 0.05) is 11.6 Å². The Hall–Kier alpha value is -0.220. The molecule has 2 aliphatic rings. The molecule has 2 fully saturated rings.